The van der Waals surface area contributed by atoms with Gasteiger partial charge in [0.15, 0.2) is 5.60 Å². The lowest BCUT2D eigenvalue weighted by Gasteiger charge is -2.27. The van der Waals surface area contributed by atoms with Crippen LogP contribution >= 0.6 is 0 Å². The lowest BCUT2D eigenvalue weighted by molar-refractivity contribution is -0.140. The van der Waals surface area contributed by atoms with E-state index >= 15 is 0 Å². The van der Waals surface area contributed by atoms with Crippen LogP contribution < -0.4 is 4.90 Å². The minimum atomic E-state index is -1.70. The third kappa shape index (κ3) is 2.42. The highest BCUT2D eigenvalue weighted by Gasteiger charge is 2.54. The molecular formula is C16H21NO4. The Hall–Kier alpha value is -1.88. The van der Waals surface area contributed by atoms with Crippen molar-refractivity contribution in [1.29, 1.82) is 0 Å². The van der Waals surface area contributed by atoms with Crippen LogP contribution in [0.5, 0.6) is 0 Å². The van der Waals surface area contributed by atoms with Crippen LogP contribution in [-0.2, 0) is 15.1 Å². The van der Waals surface area contributed by atoms with Gasteiger partial charge in [-0.05, 0) is 32.8 Å². The Bertz CT molecular complexity index is 588. The molecule has 0 fully saturated rings. The third-order valence-electron chi connectivity index (χ3n) is 3.50. The van der Waals surface area contributed by atoms with Crippen LogP contribution in [0.4, 0.5) is 10.5 Å². The Morgan fingerprint density at radius 3 is 2.38 bits per heavy atom. The number of carbonyl (C=O) groups is 2. The van der Waals surface area contributed by atoms with E-state index in [2.05, 4.69) is 0 Å². The van der Waals surface area contributed by atoms with Gasteiger partial charge in [0.25, 0.3) is 5.91 Å². The van der Waals surface area contributed by atoms with Gasteiger partial charge in [0.2, 0.25) is 0 Å². The SMILES string of the molecule is CC(C)[C@]1(O)C(=O)N(C(=O)OC(C)(C)C)c2ccccc21. The Balaban J connectivity index is 2.51. The van der Waals surface area contributed by atoms with Crippen molar-refractivity contribution in [3.8, 4) is 0 Å². The first-order valence-electron chi connectivity index (χ1n) is 6.98. The van der Waals surface area contributed by atoms with Crippen LogP contribution in [0.15, 0.2) is 24.3 Å². The lowest BCUT2D eigenvalue weighted by Crippen LogP contribution is -2.47. The van der Waals surface area contributed by atoms with Gasteiger partial charge >= 0.3 is 6.09 Å². The average molecular weight is 291 g/mol. The number of carbonyl (C=O) groups excluding carboxylic acids is 2. The van der Waals surface area contributed by atoms with Gasteiger partial charge in [-0.15, -0.1) is 0 Å². The second-order valence-electron chi connectivity index (χ2n) is 6.56. The smallest absolute Gasteiger partial charge is 0.421 e. The summed E-state index contributed by atoms with van der Waals surface area (Å²) in [4.78, 5) is 25.9. The molecule has 1 N–H and O–H groups in total. The number of hydrogen-bond donors (Lipinski definition) is 1. The van der Waals surface area contributed by atoms with Crippen LogP contribution in [0.1, 0.15) is 40.2 Å². The molecule has 0 unspecified atom stereocenters. The quantitative estimate of drug-likeness (QED) is 0.864. The van der Waals surface area contributed by atoms with E-state index in [1.165, 1.54) is 0 Å². The maximum atomic E-state index is 12.6. The molecule has 1 aromatic carbocycles. The van der Waals surface area contributed by atoms with Crippen LogP contribution in [0.25, 0.3) is 0 Å². The van der Waals surface area contributed by atoms with E-state index in [1.807, 2.05) is 0 Å². The van der Waals surface area contributed by atoms with Crippen molar-refractivity contribution in [3.05, 3.63) is 29.8 Å². The van der Waals surface area contributed by atoms with Gasteiger partial charge in [-0.2, -0.15) is 0 Å². The van der Waals surface area contributed by atoms with E-state index in [4.69, 9.17) is 4.74 Å². The van der Waals surface area contributed by atoms with Crippen molar-refractivity contribution in [2.24, 2.45) is 5.92 Å². The second kappa shape index (κ2) is 4.84. The molecule has 1 aliphatic heterocycles. The van der Waals surface area contributed by atoms with Crippen molar-refractivity contribution in [2.75, 3.05) is 4.90 Å². The van der Waals surface area contributed by atoms with Crippen LogP contribution in [0, 0.1) is 5.92 Å². The molecule has 0 spiro atoms. The van der Waals surface area contributed by atoms with Gasteiger partial charge in [-0.3, -0.25) is 4.79 Å². The number of benzene rings is 1. The second-order valence-corrected chi connectivity index (χ2v) is 6.56. The van der Waals surface area contributed by atoms with Crippen molar-refractivity contribution < 1.29 is 19.4 Å². The normalized spacial score (nSPS) is 21.7. The number of imide groups is 1. The number of aliphatic hydroxyl groups is 1. The van der Waals surface area contributed by atoms with Crippen LogP contribution in [0.3, 0.4) is 0 Å². The molecule has 0 bridgehead atoms. The summed E-state index contributed by atoms with van der Waals surface area (Å²) >= 11 is 0. The molecule has 1 aliphatic rings. The Labute approximate surface area is 124 Å². The topological polar surface area (TPSA) is 66.8 Å². The van der Waals surface area contributed by atoms with Gasteiger partial charge in [0, 0.05) is 5.56 Å². The Morgan fingerprint density at radius 2 is 1.86 bits per heavy atom. The number of fused-ring (bicyclic) bond motifs is 1. The van der Waals surface area contributed by atoms with Crippen molar-refractivity contribution in [3.63, 3.8) is 0 Å². The zero-order chi connectivity index (χ0) is 16.0. The predicted molar refractivity (Wildman–Crippen MR) is 78.9 cm³/mol. The van der Waals surface area contributed by atoms with E-state index in [0.717, 1.165) is 4.90 Å². The molecule has 0 radical (unpaired) electrons. The van der Waals surface area contributed by atoms with Gasteiger partial charge in [0.05, 0.1) is 5.69 Å². The molecule has 2 rings (SSSR count). The fourth-order valence-electron chi connectivity index (χ4n) is 2.43. The lowest BCUT2D eigenvalue weighted by atomic mass is 9.84. The zero-order valence-corrected chi connectivity index (χ0v) is 13.0. The molecular weight excluding hydrogens is 270 g/mol. The van der Waals surface area contributed by atoms with Crippen molar-refractivity contribution in [2.45, 2.75) is 45.8 Å². The fraction of sp³-hybridized carbons (Fsp3) is 0.500. The van der Waals surface area contributed by atoms with E-state index < -0.39 is 23.2 Å². The number of ether oxygens (including phenoxy) is 1. The number of nitrogens with zero attached hydrogens (tertiary/aromatic N) is 1. The highest BCUT2D eigenvalue weighted by Crippen LogP contribution is 2.44. The monoisotopic (exact) mass is 291 g/mol. The molecule has 1 aromatic rings. The highest BCUT2D eigenvalue weighted by atomic mass is 16.6. The summed E-state index contributed by atoms with van der Waals surface area (Å²) in [5.74, 6) is -1.02. The highest BCUT2D eigenvalue weighted by molar-refractivity contribution is 6.20. The minimum absolute atomic E-state index is 0.362. The van der Waals surface area contributed by atoms with Gasteiger partial charge < -0.3 is 9.84 Å². The largest absolute Gasteiger partial charge is 0.443 e. The van der Waals surface area contributed by atoms with E-state index in [0.29, 0.717) is 11.3 Å². The molecule has 0 saturated carbocycles. The minimum Gasteiger partial charge on any atom is -0.443 e. The predicted octanol–water partition coefficient (Wildman–Crippen LogP) is 2.81. The standard InChI is InChI=1S/C16H21NO4/c1-10(2)16(20)11-8-6-7-9-12(11)17(13(16)18)14(19)21-15(3,4)5/h6-10,20H,1-5H3/t16-/m1/s1. The molecule has 0 aliphatic carbocycles. The number of anilines is 1. The molecule has 5 nitrogen and oxygen atoms in total. The Morgan fingerprint density at radius 1 is 1.29 bits per heavy atom. The third-order valence-corrected chi connectivity index (χ3v) is 3.50. The first kappa shape index (κ1) is 15.5. The summed E-state index contributed by atoms with van der Waals surface area (Å²) < 4.78 is 5.28. The first-order valence-corrected chi connectivity index (χ1v) is 6.98. The number of amides is 2. The summed E-state index contributed by atoms with van der Waals surface area (Å²) in [6.45, 7) is 8.67. The molecule has 1 atom stereocenters. The van der Waals surface area contributed by atoms with Gasteiger partial charge in [-0.25, -0.2) is 9.69 Å². The summed E-state index contributed by atoms with van der Waals surface area (Å²) in [5, 5.41) is 10.8. The molecule has 0 saturated heterocycles. The van der Waals surface area contributed by atoms with Crippen LogP contribution in [0.2, 0.25) is 0 Å². The molecule has 1 heterocycles. The van der Waals surface area contributed by atoms with E-state index in [9.17, 15) is 14.7 Å². The van der Waals surface area contributed by atoms with Gasteiger partial charge in [0.1, 0.15) is 5.60 Å². The maximum Gasteiger partial charge on any atom is 0.421 e. The molecule has 114 valence electrons. The first-order chi connectivity index (χ1) is 9.59. The van der Waals surface area contributed by atoms with Crippen molar-refractivity contribution in [1.82, 2.24) is 0 Å². The number of hydrogen-bond acceptors (Lipinski definition) is 4. The summed E-state index contributed by atoms with van der Waals surface area (Å²) in [5.41, 5.74) is -1.60. The molecule has 21 heavy (non-hydrogen) atoms. The fourth-order valence-corrected chi connectivity index (χ4v) is 2.43. The summed E-state index contributed by atoms with van der Waals surface area (Å²) in [6, 6.07) is 6.75. The summed E-state index contributed by atoms with van der Waals surface area (Å²) in [6.07, 6.45) is -0.767. The van der Waals surface area contributed by atoms with Crippen molar-refractivity contribution >= 4 is 17.7 Å². The van der Waals surface area contributed by atoms with Gasteiger partial charge in [-0.1, -0.05) is 32.0 Å². The average Bonchev–Trinajstić information content (AvgIpc) is 2.58. The molecule has 5 heteroatoms. The zero-order valence-electron chi connectivity index (χ0n) is 13.0. The van der Waals surface area contributed by atoms with E-state index in [-0.39, 0.29) is 5.92 Å². The molecule has 0 aromatic heterocycles. The number of para-hydroxylation sites is 1. The van der Waals surface area contributed by atoms with E-state index in [1.54, 1.807) is 58.9 Å². The van der Waals surface area contributed by atoms with Crippen LogP contribution in [-0.4, -0.2) is 22.7 Å². The molecule has 2 amide bonds. The maximum absolute atomic E-state index is 12.6. The summed E-state index contributed by atoms with van der Waals surface area (Å²) in [7, 11) is 0. The Kier molecular flexibility index (Phi) is 3.58. The number of rotatable bonds is 1.